The Balaban J connectivity index is 1.57. The number of benzene rings is 1. The van der Waals surface area contributed by atoms with Crippen molar-refractivity contribution in [1.29, 1.82) is 5.26 Å². The van der Waals surface area contributed by atoms with Crippen LogP contribution in [0.2, 0.25) is 0 Å². The van der Waals surface area contributed by atoms with Crippen LogP contribution in [-0.4, -0.2) is 89.1 Å². The molecular weight excluding hydrogens is 573 g/mol. The average Bonchev–Trinajstić information content (AvgIpc) is 3.45. The smallest absolute Gasteiger partial charge is 0.413 e. The minimum absolute atomic E-state index is 0.0135. The van der Waals surface area contributed by atoms with Crippen LogP contribution in [-0.2, 0) is 30.2 Å². The molecule has 228 valence electrons. The zero-order valence-corrected chi connectivity index (χ0v) is 23.1. The number of hydrogen-bond donors (Lipinski definition) is 5. The van der Waals surface area contributed by atoms with Crippen LogP contribution >= 0.6 is 0 Å². The summed E-state index contributed by atoms with van der Waals surface area (Å²) in [6.07, 6.45) is -7.59. The van der Waals surface area contributed by atoms with Gasteiger partial charge in [0.05, 0.1) is 24.6 Å². The van der Waals surface area contributed by atoms with Gasteiger partial charge in [-0.2, -0.15) is 15.2 Å². The highest BCUT2D eigenvalue weighted by molar-refractivity contribution is 6.02. The number of rotatable bonds is 9. The molecule has 3 aromatic rings. The quantitative estimate of drug-likeness (QED) is 0.218. The van der Waals surface area contributed by atoms with Gasteiger partial charge in [-0.1, -0.05) is 12.1 Å². The highest BCUT2D eigenvalue weighted by atomic mass is 19.1. The summed E-state index contributed by atoms with van der Waals surface area (Å²) in [4.78, 5) is 48.7. The molecule has 0 radical (unpaired) electrons. The molecule has 0 spiro atoms. The van der Waals surface area contributed by atoms with Gasteiger partial charge in [0, 0.05) is 6.42 Å². The van der Waals surface area contributed by atoms with E-state index >= 15 is 4.39 Å². The van der Waals surface area contributed by atoms with Crippen molar-refractivity contribution in [2.45, 2.75) is 63.0 Å². The van der Waals surface area contributed by atoms with Crippen molar-refractivity contribution in [2.24, 2.45) is 0 Å². The predicted molar refractivity (Wildman–Crippen MR) is 143 cm³/mol. The lowest BCUT2D eigenvalue weighted by Crippen LogP contribution is -2.52. The van der Waals surface area contributed by atoms with Crippen LogP contribution in [0.3, 0.4) is 0 Å². The van der Waals surface area contributed by atoms with E-state index in [1.807, 2.05) is 6.07 Å². The first kappa shape index (κ1) is 31.0. The fourth-order valence-corrected chi connectivity index (χ4v) is 4.35. The van der Waals surface area contributed by atoms with Crippen molar-refractivity contribution in [1.82, 2.24) is 19.5 Å². The molecule has 1 aliphatic heterocycles. The third kappa shape index (κ3) is 6.45. The number of nitrogens with zero attached hydrogens (tertiary/aromatic N) is 5. The molecule has 0 aliphatic carbocycles. The summed E-state index contributed by atoms with van der Waals surface area (Å²) in [6, 6.07) is 7.50. The Morgan fingerprint density at radius 2 is 1.93 bits per heavy atom. The Hall–Kier alpha value is -4.92. The number of aliphatic carboxylic acids is 2. The molecule has 0 unspecified atom stereocenters. The molecule has 1 amide bonds. The normalized spacial score (nSPS) is 20.5. The van der Waals surface area contributed by atoms with E-state index < -0.39 is 66.9 Å². The molecule has 1 saturated heterocycles. The number of amides is 1. The number of anilines is 2. The Bertz CT molecular complexity index is 1590. The largest absolute Gasteiger partial charge is 0.479 e. The minimum Gasteiger partial charge on any atom is -0.479 e. The number of nitrogens with two attached hydrogens (primary N) is 1. The molecule has 1 aliphatic rings. The minimum atomic E-state index is -2.85. The first-order valence-electron chi connectivity index (χ1n) is 12.7. The number of fused-ring (bicyclic) bond motifs is 1. The van der Waals surface area contributed by atoms with Crippen LogP contribution in [0.15, 0.2) is 30.6 Å². The van der Waals surface area contributed by atoms with Crippen LogP contribution in [0, 0.1) is 11.3 Å². The lowest BCUT2D eigenvalue weighted by atomic mass is 9.93. The van der Waals surface area contributed by atoms with Gasteiger partial charge < -0.3 is 35.3 Å². The van der Waals surface area contributed by atoms with Gasteiger partial charge in [0.15, 0.2) is 29.4 Å². The Kier molecular flexibility index (Phi) is 8.48. The number of carboxylic acid groups (broad SMARTS) is 2. The van der Waals surface area contributed by atoms with Crippen molar-refractivity contribution in [2.75, 3.05) is 17.7 Å². The molecule has 1 aromatic carbocycles. The monoisotopic (exact) mass is 601 g/mol. The highest BCUT2D eigenvalue weighted by Gasteiger charge is 2.52. The maximum Gasteiger partial charge on any atom is 0.413 e. The summed E-state index contributed by atoms with van der Waals surface area (Å²) >= 11 is 0. The molecule has 4 rings (SSSR count). The van der Waals surface area contributed by atoms with Gasteiger partial charge in [-0.3, -0.25) is 9.88 Å². The SMILES string of the molecule is CC(C)(C)OC(=O)Nc1nc(N)nc2c1ncn2[C@@H]1O[C@H](COC(Cc2cccc(C#N)c2)(C(=O)O)C(=O)O)[C@@H](O)[C@@H]1F. The standard InChI is InChI=1S/C26H28FN7O9/c1-25(2,3)43-24(40)32-18-16-19(33-23(29)31-18)34(11-30-16)20-15(27)17(35)14(42-20)10-41-26(21(36)37,22(38)39)8-12-5-4-6-13(7-12)9-28/h4-7,11,14-15,17,20,35H,8,10H2,1-3H3,(H,36,37)(H,38,39)(H3,29,31,32,33,40)/t14-,15+,17-,20-/m1/s1. The first-order chi connectivity index (χ1) is 20.1. The van der Waals surface area contributed by atoms with Crippen LogP contribution in [0.25, 0.3) is 11.2 Å². The number of aliphatic hydroxyl groups is 1. The number of carbonyl (C=O) groups excluding carboxylic acids is 1. The van der Waals surface area contributed by atoms with Gasteiger partial charge >= 0.3 is 18.0 Å². The number of nitriles is 1. The molecule has 0 bridgehead atoms. The summed E-state index contributed by atoms with van der Waals surface area (Å²) in [5.41, 5.74) is 2.36. The fraction of sp³-hybridized carbons (Fsp3) is 0.423. The summed E-state index contributed by atoms with van der Waals surface area (Å²) in [6.45, 7) is 4.11. The molecule has 4 atom stereocenters. The summed E-state index contributed by atoms with van der Waals surface area (Å²) in [5.74, 6) is -4.18. The molecule has 43 heavy (non-hydrogen) atoms. The van der Waals surface area contributed by atoms with Gasteiger partial charge in [-0.25, -0.2) is 23.8 Å². The van der Waals surface area contributed by atoms with Gasteiger partial charge in [0.1, 0.15) is 17.8 Å². The van der Waals surface area contributed by atoms with Crippen LogP contribution < -0.4 is 11.1 Å². The van der Waals surface area contributed by atoms with Crippen LogP contribution in [0.5, 0.6) is 0 Å². The number of nitrogen functional groups attached to an aromatic ring is 1. The Labute approximate surface area is 242 Å². The van der Waals surface area contributed by atoms with Gasteiger partial charge in [-0.05, 0) is 38.5 Å². The number of carbonyl (C=O) groups is 3. The number of ether oxygens (including phenoxy) is 3. The molecule has 6 N–H and O–H groups in total. The van der Waals surface area contributed by atoms with Crippen molar-refractivity contribution in [3.05, 3.63) is 41.7 Å². The number of imidazole rings is 1. The zero-order chi connectivity index (χ0) is 31.7. The number of nitrogens with one attached hydrogen (secondary N) is 1. The topological polar surface area (TPSA) is 245 Å². The number of halogens is 1. The molecule has 2 aromatic heterocycles. The fourth-order valence-electron chi connectivity index (χ4n) is 4.35. The second-order valence-corrected chi connectivity index (χ2v) is 10.6. The second-order valence-electron chi connectivity index (χ2n) is 10.6. The van der Waals surface area contributed by atoms with Gasteiger partial charge in [0.25, 0.3) is 5.60 Å². The van der Waals surface area contributed by atoms with E-state index in [0.29, 0.717) is 0 Å². The number of carboxylic acids is 2. The molecule has 16 nitrogen and oxygen atoms in total. The Morgan fingerprint density at radius 1 is 1.23 bits per heavy atom. The zero-order valence-electron chi connectivity index (χ0n) is 23.1. The maximum absolute atomic E-state index is 15.4. The number of aliphatic hydroxyl groups excluding tert-OH is 1. The van der Waals surface area contributed by atoms with E-state index in [2.05, 4.69) is 20.3 Å². The predicted octanol–water partition coefficient (Wildman–Crippen LogP) is 1.39. The third-order valence-corrected chi connectivity index (χ3v) is 6.32. The highest BCUT2D eigenvalue weighted by Crippen LogP contribution is 2.35. The van der Waals surface area contributed by atoms with Crippen LogP contribution in [0.1, 0.15) is 38.1 Å². The van der Waals surface area contributed by atoms with Crippen molar-refractivity contribution >= 4 is 41.0 Å². The third-order valence-electron chi connectivity index (χ3n) is 6.32. The molecule has 17 heteroatoms. The number of alkyl halides is 1. The molecule has 0 saturated carbocycles. The number of hydrogen-bond acceptors (Lipinski definition) is 12. The summed E-state index contributed by atoms with van der Waals surface area (Å²) < 4.78 is 32.6. The van der Waals surface area contributed by atoms with Crippen molar-refractivity contribution < 1.29 is 48.3 Å². The number of aromatic nitrogens is 4. The molecular formula is C26H28FN7O9. The van der Waals surface area contributed by atoms with E-state index in [-0.39, 0.29) is 34.1 Å². The maximum atomic E-state index is 15.4. The van der Waals surface area contributed by atoms with Crippen LogP contribution in [0.4, 0.5) is 21.0 Å². The van der Waals surface area contributed by atoms with E-state index in [0.717, 1.165) is 10.9 Å². The van der Waals surface area contributed by atoms with E-state index in [9.17, 15) is 29.7 Å². The van der Waals surface area contributed by atoms with E-state index in [1.54, 1.807) is 20.8 Å². The van der Waals surface area contributed by atoms with Crippen molar-refractivity contribution in [3.63, 3.8) is 0 Å². The lowest BCUT2D eigenvalue weighted by molar-refractivity contribution is -0.190. The molecule has 1 fully saturated rings. The van der Waals surface area contributed by atoms with E-state index in [4.69, 9.17) is 25.2 Å². The first-order valence-corrected chi connectivity index (χ1v) is 12.7. The lowest BCUT2D eigenvalue weighted by Gasteiger charge is -2.27. The second kappa shape index (κ2) is 11.8. The van der Waals surface area contributed by atoms with Gasteiger partial charge in [-0.15, -0.1) is 0 Å². The van der Waals surface area contributed by atoms with Crippen molar-refractivity contribution in [3.8, 4) is 6.07 Å². The molecule has 3 heterocycles. The summed E-state index contributed by atoms with van der Waals surface area (Å²) in [7, 11) is 0. The Morgan fingerprint density at radius 3 is 2.56 bits per heavy atom. The van der Waals surface area contributed by atoms with Gasteiger partial charge in [0.2, 0.25) is 5.95 Å². The average molecular weight is 602 g/mol. The summed E-state index contributed by atoms with van der Waals surface area (Å²) in [5, 5.41) is 41.8. The van der Waals surface area contributed by atoms with E-state index in [1.165, 1.54) is 24.3 Å².